The van der Waals surface area contributed by atoms with Crippen molar-refractivity contribution in [2.24, 2.45) is 0 Å². The first-order valence-electron chi connectivity index (χ1n) is 7.19. The van der Waals surface area contributed by atoms with Crippen molar-refractivity contribution in [2.75, 3.05) is 18.0 Å². The molecule has 0 amide bonds. The highest BCUT2D eigenvalue weighted by Crippen LogP contribution is 2.31. The van der Waals surface area contributed by atoms with Crippen molar-refractivity contribution in [3.05, 3.63) is 42.4 Å². The molecule has 1 aliphatic rings. The fourth-order valence-electron chi connectivity index (χ4n) is 2.72. The summed E-state index contributed by atoms with van der Waals surface area (Å²) in [6.45, 7) is 1.97. The lowest BCUT2D eigenvalue weighted by atomic mass is 10.1. The summed E-state index contributed by atoms with van der Waals surface area (Å²) in [6.07, 6.45) is 5.54. The van der Waals surface area contributed by atoms with E-state index < -0.39 is 6.43 Å². The van der Waals surface area contributed by atoms with Gasteiger partial charge in [0.05, 0.1) is 11.4 Å². The van der Waals surface area contributed by atoms with Crippen LogP contribution >= 0.6 is 0 Å². The predicted molar refractivity (Wildman–Crippen MR) is 78.5 cm³/mol. The maximum atomic E-state index is 12.8. The van der Waals surface area contributed by atoms with E-state index in [1.165, 1.54) is 18.7 Å². The maximum Gasteiger partial charge on any atom is 0.265 e. The molecule has 3 rings (SSSR count). The molecule has 0 atom stereocenters. The van der Waals surface area contributed by atoms with Crippen molar-refractivity contribution in [3.63, 3.8) is 0 Å². The molecule has 0 aromatic carbocycles. The van der Waals surface area contributed by atoms with E-state index in [0.717, 1.165) is 37.3 Å². The molecule has 0 bridgehead atoms. The number of aromatic nitrogens is 2. The molecular weight excluding hydrogens is 272 g/mol. The molecule has 2 aromatic rings. The Bertz CT molecular complexity index is 610. The summed E-state index contributed by atoms with van der Waals surface area (Å²) < 4.78 is 25.7. The molecule has 2 aromatic heterocycles. The van der Waals surface area contributed by atoms with Gasteiger partial charge in [-0.1, -0.05) is 0 Å². The average Bonchev–Trinajstić information content (AvgIpc) is 2.56. The minimum Gasteiger partial charge on any atom is -0.370 e. The first-order chi connectivity index (χ1) is 10.3. The number of nitrogens with zero attached hydrogens (tertiary/aromatic N) is 3. The Morgan fingerprint density at radius 3 is 2.67 bits per heavy atom. The van der Waals surface area contributed by atoms with Crippen LogP contribution in [0.25, 0.3) is 11.3 Å². The van der Waals surface area contributed by atoms with E-state index in [4.69, 9.17) is 0 Å². The second-order valence-electron chi connectivity index (χ2n) is 5.23. The van der Waals surface area contributed by atoms with Gasteiger partial charge >= 0.3 is 0 Å². The van der Waals surface area contributed by atoms with Crippen LogP contribution in [-0.4, -0.2) is 23.1 Å². The Kier molecular flexibility index (Phi) is 4.08. The summed E-state index contributed by atoms with van der Waals surface area (Å²) in [5.41, 5.74) is 2.32. The standard InChI is InChI=1S/C16H17F2N3/c17-16(18)13-9-12(10-19-11-13)15-14(5-4-6-20-15)21-7-2-1-3-8-21/h4-6,9-11,16H,1-3,7-8H2. The molecular formula is C16H17F2N3. The van der Waals surface area contributed by atoms with Gasteiger partial charge in [0.1, 0.15) is 0 Å². The highest BCUT2D eigenvalue weighted by molar-refractivity contribution is 5.74. The monoisotopic (exact) mass is 289 g/mol. The molecule has 110 valence electrons. The van der Waals surface area contributed by atoms with Crippen molar-refractivity contribution >= 4 is 5.69 Å². The van der Waals surface area contributed by atoms with Crippen LogP contribution in [0.5, 0.6) is 0 Å². The van der Waals surface area contributed by atoms with E-state index in [1.807, 2.05) is 12.1 Å². The number of pyridine rings is 2. The molecule has 0 spiro atoms. The van der Waals surface area contributed by atoms with Crippen molar-refractivity contribution < 1.29 is 8.78 Å². The lowest BCUT2D eigenvalue weighted by Crippen LogP contribution is -2.29. The molecule has 0 aliphatic carbocycles. The molecule has 0 saturated carbocycles. The quantitative estimate of drug-likeness (QED) is 0.853. The second kappa shape index (κ2) is 6.16. The summed E-state index contributed by atoms with van der Waals surface area (Å²) in [7, 11) is 0. The predicted octanol–water partition coefficient (Wildman–Crippen LogP) is 4.07. The molecule has 5 heteroatoms. The summed E-state index contributed by atoms with van der Waals surface area (Å²) in [6, 6.07) is 5.37. The third-order valence-electron chi connectivity index (χ3n) is 3.77. The number of hydrogen-bond acceptors (Lipinski definition) is 3. The first-order valence-corrected chi connectivity index (χ1v) is 7.19. The smallest absolute Gasteiger partial charge is 0.265 e. The minimum absolute atomic E-state index is 0.0669. The van der Waals surface area contributed by atoms with Crippen LogP contribution in [0, 0.1) is 0 Å². The number of halogens is 2. The van der Waals surface area contributed by atoms with Gasteiger partial charge in [0.15, 0.2) is 0 Å². The van der Waals surface area contributed by atoms with E-state index in [0.29, 0.717) is 5.56 Å². The first kappa shape index (κ1) is 13.9. The maximum absolute atomic E-state index is 12.8. The molecule has 1 aliphatic heterocycles. The van der Waals surface area contributed by atoms with Gasteiger partial charge in [-0.3, -0.25) is 9.97 Å². The average molecular weight is 289 g/mol. The van der Waals surface area contributed by atoms with Crippen LogP contribution in [0.4, 0.5) is 14.5 Å². The van der Waals surface area contributed by atoms with Crippen LogP contribution in [0.1, 0.15) is 31.3 Å². The number of hydrogen-bond donors (Lipinski definition) is 0. The summed E-state index contributed by atoms with van der Waals surface area (Å²) in [4.78, 5) is 10.6. The molecule has 0 unspecified atom stereocenters. The zero-order chi connectivity index (χ0) is 14.7. The van der Waals surface area contributed by atoms with E-state index in [9.17, 15) is 8.78 Å². The van der Waals surface area contributed by atoms with Crippen LogP contribution in [0.15, 0.2) is 36.8 Å². The molecule has 3 nitrogen and oxygen atoms in total. The van der Waals surface area contributed by atoms with Gasteiger partial charge in [-0.25, -0.2) is 8.78 Å². The lowest BCUT2D eigenvalue weighted by molar-refractivity contribution is 0.151. The Morgan fingerprint density at radius 1 is 1.10 bits per heavy atom. The summed E-state index contributed by atoms with van der Waals surface area (Å²) >= 11 is 0. The SMILES string of the molecule is FC(F)c1cncc(-c2ncccc2N2CCCCC2)c1. The van der Waals surface area contributed by atoms with E-state index in [2.05, 4.69) is 14.9 Å². The summed E-state index contributed by atoms with van der Waals surface area (Å²) in [5.74, 6) is 0. The number of anilines is 1. The van der Waals surface area contributed by atoms with Crippen molar-refractivity contribution in [1.29, 1.82) is 0 Å². The van der Waals surface area contributed by atoms with E-state index in [1.54, 1.807) is 12.4 Å². The van der Waals surface area contributed by atoms with Crippen molar-refractivity contribution in [2.45, 2.75) is 25.7 Å². The van der Waals surface area contributed by atoms with Gasteiger partial charge in [0.2, 0.25) is 0 Å². The third kappa shape index (κ3) is 3.01. The van der Waals surface area contributed by atoms with Gasteiger partial charge in [-0.2, -0.15) is 0 Å². The van der Waals surface area contributed by atoms with Gasteiger partial charge in [0.25, 0.3) is 6.43 Å². The minimum atomic E-state index is -2.51. The Balaban J connectivity index is 2.00. The number of piperidine rings is 1. The van der Waals surface area contributed by atoms with Crippen molar-refractivity contribution in [3.8, 4) is 11.3 Å². The largest absolute Gasteiger partial charge is 0.370 e. The fourth-order valence-corrected chi connectivity index (χ4v) is 2.72. The molecule has 21 heavy (non-hydrogen) atoms. The molecule has 3 heterocycles. The van der Waals surface area contributed by atoms with Gasteiger partial charge < -0.3 is 4.90 Å². The Morgan fingerprint density at radius 2 is 1.90 bits per heavy atom. The highest BCUT2D eigenvalue weighted by atomic mass is 19.3. The molecule has 0 N–H and O–H groups in total. The van der Waals surface area contributed by atoms with Crippen LogP contribution in [0.3, 0.4) is 0 Å². The van der Waals surface area contributed by atoms with Crippen molar-refractivity contribution in [1.82, 2.24) is 9.97 Å². The van der Waals surface area contributed by atoms with Gasteiger partial charge in [0, 0.05) is 42.8 Å². The van der Waals surface area contributed by atoms with Crippen LogP contribution in [-0.2, 0) is 0 Å². The molecule has 0 radical (unpaired) electrons. The topological polar surface area (TPSA) is 29.0 Å². The van der Waals surface area contributed by atoms with E-state index in [-0.39, 0.29) is 5.56 Å². The van der Waals surface area contributed by atoms with E-state index >= 15 is 0 Å². The molecule has 1 saturated heterocycles. The zero-order valence-electron chi connectivity index (χ0n) is 11.7. The van der Waals surface area contributed by atoms with Gasteiger partial charge in [-0.05, 0) is 37.5 Å². The number of alkyl halides is 2. The highest BCUT2D eigenvalue weighted by Gasteiger charge is 2.17. The van der Waals surface area contributed by atoms with Crippen LogP contribution in [0.2, 0.25) is 0 Å². The second-order valence-corrected chi connectivity index (χ2v) is 5.23. The zero-order valence-corrected chi connectivity index (χ0v) is 11.7. The molecule has 1 fully saturated rings. The fraction of sp³-hybridized carbons (Fsp3) is 0.375. The Hall–Kier alpha value is -2.04. The van der Waals surface area contributed by atoms with Gasteiger partial charge in [-0.15, -0.1) is 0 Å². The normalized spacial score (nSPS) is 15.5. The van der Waals surface area contributed by atoms with Crippen LogP contribution < -0.4 is 4.90 Å². The number of rotatable bonds is 3. The lowest BCUT2D eigenvalue weighted by Gasteiger charge is -2.30. The Labute approximate surface area is 122 Å². The third-order valence-corrected chi connectivity index (χ3v) is 3.77. The summed E-state index contributed by atoms with van der Waals surface area (Å²) in [5, 5.41) is 0.